The molecule has 0 saturated heterocycles. The summed E-state index contributed by atoms with van der Waals surface area (Å²) in [5, 5.41) is 4.64. The fraction of sp³-hybridized carbons (Fsp3) is 0.643. The van der Waals surface area contributed by atoms with Crippen LogP contribution in [0.15, 0.2) is 24.9 Å². The number of allylic oxidation sites excluding steroid dienone is 1. The Kier molecular flexibility index (Phi) is 5.26. The van der Waals surface area contributed by atoms with E-state index in [1.54, 1.807) is 0 Å². The lowest BCUT2D eigenvalue weighted by Gasteiger charge is -2.21. The Morgan fingerprint density at radius 1 is 1.53 bits per heavy atom. The smallest absolute Gasteiger partial charge is 0.0633 e. The zero-order valence-electron chi connectivity index (χ0n) is 11.1. The SMILES string of the molecule is C=CC(C)(CCl)Cc1ccn(C(CC)CC)n1. The van der Waals surface area contributed by atoms with Crippen LogP contribution >= 0.6 is 11.6 Å². The molecule has 0 spiro atoms. The predicted octanol–water partition coefficient (Wildman–Crippen LogP) is 4.22. The van der Waals surface area contributed by atoms with Gasteiger partial charge in [0, 0.05) is 23.9 Å². The first-order valence-corrected chi connectivity index (χ1v) is 6.85. The van der Waals surface area contributed by atoms with Crippen LogP contribution in [-0.2, 0) is 6.42 Å². The van der Waals surface area contributed by atoms with Gasteiger partial charge >= 0.3 is 0 Å². The summed E-state index contributed by atoms with van der Waals surface area (Å²) in [6.45, 7) is 10.4. The summed E-state index contributed by atoms with van der Waals surface area (Å²) in [7, 11) is 0. The molecule has 0 radical (unpaired) electrons. The molecule has 3 heteroatoms. The maximum atomic E-state index is 5.98. The Morgan fingerprint density at radius 2 is 2.18 bits per heavy atom. The predicted molar refractivity (Wildman–Crippen MR) is 74.6 cm³/mol. The summed E-state index contributed by atoms with van der Waals surface area (Å²) >= 11 is 5.98. The van der Waals surface area contributed by atoms with Crippen molar-refractivity contribution in [2.45, 2.75) is 46.1 Å². The molecule has 96 valence electrons. The van der Waals surface area contributed by atoms with Crippen LogP contribution in [0.5, 0.6) is 0 Å². The van der Waals surface area contributed by atoms with Crippen molar-refractivity contribution >= 4 is 11.6 Å². The van der Waals surface area contributed by atoms with Crippen LogP contribution in [0.1, 0.15) is 45.3 Å². The van der Waals surface area contributed by atoms with E-state index in [1.807, 2.05) is 6.08 Å². The zero-order chi connectivity index (χ0) is 12.9. The van der Waals surface area contributed by atoms with E-state index in [9.17, 15) is 0 Å². The first kappa shape index (κ1) is 14.3. The van der Waals surface area contributed by atoms with Gasteiger partial charge in [0.1, 0.15) is 0 Å². The van der Waals surface area contributed by atoms with E-state index in [4.69, 9.17) is 11.6 Å². The third-order valence-corrected chi connectivity index (χ3v) is 3.97. The highest BCUT2D eigenvalue weighted by Crippen LogP contribution is 2.25. The molecular formula is C14H23ClN2. The Bertz CT molecular complexity index is 355. The second kappa shape index (κ2) is 6.25. The molecule has 1 rings (SSSR count). The summed E-state index contributed by atoms with van der Waals surface area (Å²) in [6.07, 6.45) is 7.09. The average Bonchev–Trinajstić information content (AvgIpc) is 2.79. The molecule has 17 heavy (non-hydrogen) atoms. The summed E-state index contributed by atoms with van der Waals surface area (Å²) in [5.41, 5.74) is 1.04. The van der Waals surface area contributed by atoms with Gasteiger partial charge in [0.2, 0.25) is 0 Å². The molecule has 1 aromatic heterocycles. The molecule has 0 aromatic carbocycles. The third kappa shape index (κ3) is 3.60. The van der Waals surface area contributed by atoms with E-state index in [2.05, 4.69) is 49.4 Å². The molecule has 0 fully saturated rings. The lowest BCUT2D eigenvalue weighted by molar-refractivity contribution is 0.416. The maximum absolute atomic E-state index is 5.98. The fourth-order valence-electron chi connectivity index (χ4n) is 1.93. The van der Waals surface area contributed by atoms with Crippen LogP contribution in [0.3, 0.4) is 0 Å². The number of halogens is 1. The highest BCUT2D eigenvalue weighted by Gasteiger charge is 2.21. The van der Waals surface area contributed by atoms with Gasteiger partial charge in [-0.25, -0.2) is 0 Å². The molecule has 1 aromatic rings. The third-order valence-electron chi connectivity index (χ3n) is 3.36. The van der Waals surface area contributed by atoms with Crippen LogP contribution in [0.2, 0.25) is 0 Å². The Hall–Kier alpha value is -0.760. The second-order valence-corrected chi connectivity index (χ2v) is 5.19. The van der Waals surface area contributed by atoms with Gasteiger partial charge in [-0.1, -0.05) is 26.8 Å². The Morgan fingerprint density at radius 3 is 2.65 bits per heavy atom. The largest absolute Gasteiger partial charge is 0.269 e. The molecule has 0 aliphatic rings. The van der Waals surface area contributed by atoms with Gasteiger partial charge in [-0.15, -0.1) is 18.2 Å². The normalized spacial score (nSPS) is 14.9. The number of hydrogen-bond acceptors (Lipinski definition) is 1. The number of rotatable bonds is 7. The lowest BCUT2D eigenvalue weighted by Crippen LogP contribution is -2.19. The fourth-order valence-corrected chi connectivity index (χ4v) is 2.13. The van der Waals surface area contributed by atoms with Crippen molar-refractivity contribution < 1.29 is 0 Å². The maximum Gasteiger partial charge on any atom is 0.0633 e. The first-order valence-electron chi connectivity index (χ1n) is 6.32. The second-order valence-electron chi connectivity index (χ2n) is 4.93. The standard InChI is InChI=1S/C14H23ClN2/c1-5-13(6-2)17-9-8-12(16-17)10-14(4,7-3)11-15/h7-9,13H,3,5-6,10-11H2,1-2,4H3. The van der Waals surface area contributed by atoms with Crippen LogP contribution in [0.25, 0.3) is 0 Å². The van der Waals surface area contributed by atoms with Crippen molar-refractivity contribution in [3.63, 3.8) is 0 Å². The van der Waals surface area contributed by atoms with Crippen molar-refractivity contribution in [2.24, 2.45) is 5.41 Å². The molecule has 1 atom stereocenters. The zero-order valence-corrected chi connectivity index (χ0v) is 11.9. The molecule has 1 unspecified atom stereocenters. The van der Waals surface area contributed by atoms with Gasteiger partial charge < -0.3 is 0 Å². The van der Waals surface area contributed by atoms with Crippen molar-refractivity contribution in [1.82, 2.24) is 9.78 Å². The van der Waals surface area contributed by atoms with Gasteiger partial charge in [-0.3, -0.25) is 4.68 Å². The molecule has 1 heterocycles. The van der Waals surface area contributed by atoms with Gasteiger partial charge in [-0.05, 0) is 18.9 Å². The van der Waals surface area contributed by atoms with E-state index in [0.29, 0.717) is 11.9 Å². The number of nitrogens with zero attached hydrogens (tertiary/aromatic N) is 2. The topological polar surface area (TPSA) is 17.8 Å². The molecule has 0 aliphatic heterocycles. The van der Waals surface area contributed by atoms with Crippen LogP contribution < -0.4 is 0 Å². The monoisotopic (exact) mass is 254 g/mol. The number of aromatic nitrogens is 2. The molecule has 0 bridgehead atoms. The van der Waals surface area contributed by atoms with Gasteiger partial charge in [0.25, 0.3) is 0 Å². The van der Waals surface area contributed by atoms with Crippen LogP contribution in [0, 0.1) is 5.41 Å². The minimum absolute atomic E-state index is 0.0608. The first-order chi connectivity index (χ1) is 8.08. The van der Waals surface area contributed by atoms with Gasteiger partial charge in [0.15, 0.2) is 0 Å². The van der Waals surface area contributed by atoms with Crippen LogP contribution in [-0.4, -0.2) is 15.7 Å². The Labute approximate surface area is 110 Å². The summed E-state index contributed by atoms with van der Waals surface area (Å²) in [4.78, 5) is 0. The molecule has 0 N–H and O–H groups in total. The lowest BCUT2D eigenvalue weighted by atomic mass is 9.88. The number of alkyl halides is 1. The molecule has 2 nitrogen and oxygen atoms in total. The number of hydrogen-bond donors (Lipinski definition) is 0. The minimum atomic E-state index is -0.0608. The van der Waals surface area contributed by atoms with E-state index >= 15 is 0 Å². The van der Waals surface area contributed by atoms with Gasteiger partial charge in [0.05, 0.1) is 11.7 Å². The van der Waals surface area contributed by atoms with Crippen LogP contribution in [0.4, 0.5) is 0 Å². The highest BCUT2D eigenvalue weighted by molar-refractivity contribution is 6.18. The quantitative estimate of drug-likeness (QED) is 0.526. The average molecular weight is 255 g/mol. The van der Waals surface area contributed by atoms with E-state index in [0.717, 1.165) is 25.0 Å². The van der Waals surface area contributed by atoms with Crippen molar-refractivity contribution in [2.75, 3.05) is 5.88 Å². The van der Waals surface area contributed by atoms with Crippen molar-refractivity contribution in [3.8, 4) is 0 Å². The van der Waals surface area contributed by atoms with E-state index < -0.39 is 0 Å². The minimum Gasteiger partial charge on any atom is -0.269 e. The van der Waals surface area contributed by atoms with E-state index in [-0.39, 0.29) is 5.41 Å². The summed E-state index contributed by atoms with van der Waals surface area (Å²) in [5.74, 6) is 0.578. The summed E-state index contributed by atoms with van der Waals surface area (Å²) in [6, 6.07) is 2.60. The molecule has 0 amide bonds. The molecule has 0 saturated carbocycles. The van der Waals surface area contributed by atoms with E-state index in [1.165, 1.54) is 0 Å². The molecular weight excluding hydrogens is 232 g/mol. The summed E-state index contributed by atoms with van der Waals surface area (Å²) < 4.78 is 2.08. The van der Waals surface area contributed by atoms with Crippen molar-refractivity contribution in [3.05, 3.63) is 30.6 Å². The Balaban J connectivity index is 2.78. The van der Waals surface area contributed by atoms with Crippen molar-refractivity contribution in [1.29, 1.82) is 0 Å². The van der Waals surface area contributed by atoms with Gasteiger partial charge in [-0.2, -0.15) is 5.10 Å². The molecule has 0 aliphatic carbocycles. The highest BCUT2D eigenvalue weighted by atomic mass is 35.5.